The molecule has 4 nitrogen and oxygen atoms in total. The lowest BCUT2D eigenvalue weighted by Gasteiger charge is -2.10. The molecule has 0 saturated heterocycles. The quantitative estimate of drug-likeness (QED) is 0.932. The minimum Gasteiger partial charge on any atom is -0.495 e. The Morgan fingerprint density at radius 3 is 3.00 bits per heavy atom. The molecule has 0 amide bonds. The van der Waals surface area contributed by atoms with Crippen LogP contribution in [0.2, 0.25) is 5.02 Å². The number of anilines is 1. The number of hydrogen-bond acceptors (Lipinski definition) is 4. The fourth-order valence-electron chi connectivity index (χ4n) is 2.10. The van der Waals surface area contributed by atoms with Crippen LogP contribution in [0.5, 0.6) is 17.2 Å². The van der Waals surface area contributed by atoms with Crippen LogP contribution in [-0.2, 0) is 6.54 Å². The highest BCUT2D eigenvalue weighted by atomic mass is 35.5. The summed E-state index contributed by atoms with van der Waals surface area (Å²) in [6, 6.07) is 11.4. The molecule has 0 aromatic heterocycles. The van der Waals surface area contributed by atoms with Gasteiger partial charge in [0.15, 0.2) is 11.5 Å². The van der Waals surface area contributed by atoms with Crippen LogP contribution >= 0.6 is 11.6 Å². The first kappa shape index (κ1) is 12.9. The van der Waals surface area contributed by atoms with Gasteiger partial charge in [-0.05, 0) is 18.2 Å². The van der Waals surface area contributed by atoms with Crippen molar-refractivity contribution in [3.8, 4) is 17.2 Å². The average Bonchev–Trinajstić information content (AvgIpc) is 2.95. The van der Waals surface area contributed by atoms with Crippen LogP contribution in [0.25, 0.3) is 0 Å². The van der Waals surface area contributed by atoms with E-state index in [1.54, 1.807) is 13.2 Å². The van der Waals surface area contributed by atoms with Crippen LogP contribution in [0.1, 0.15) is 5.56 Å². The molecule has 2 aromatic carbocycles. The number of rotatable bonds is 4. The summed E-state index contributed by atoms with van der Waals surface area (Å²) in [6.07, 6.45) is 0. The Balaban J connectivity index is 1.75. The van der Waals surface area contributed by atoms with Gasteiger partial charge in [0, 0.05) is 23.9 Å². The van der Waals surface area contributed by atoms with Gasteiger partial charge < -0.3 is 19.5 Å². The van der Waals surface area contributed by atoms with E-state index >= 15 is 0 Å². The van der Waals surface area contributed by atoms with Gasteiger partial charge in [0.2, 0.25) is 6.79 Å². The number of benzene rings is 2. The summed E-state index contributed by atoms with van der Waals surface area (Å²) in [4.78, 5) is 0. The molecule has 0 aliphatic carbocycles. The third kappa shape index (κ3) is 2.47. The van der Waals surface area contributed by atoms with Gasteiger partial charge >= 0.3 is 0 Å². The first-order valence-electron chi connectivity index (χ1n) is 6.23. The fraction of sp³-hybridized carbons (Fsp3) is 0.200. The van der Waals surface area contributed by atoms with Gasteiger partial charge in [0.05, 0.1) is 12.1 Å². The fourth-order valence-corrected chi connectivity index (χ4v) is 2.29. The van der Waals surface area contributed by atoms with E-state index in [2.05, 4.69) is 5.32 Å². The summed E-state index contributed by atoms with van der Waals surface area (Å²) in [6.45, 7) is 0.915. The number of fused-ring (bicyclic) bond motifs is 1. The summed E-state index contributed by atoms with van der Waals surface area (Å²) >= 11 is 6.00. The van der Waals surface area contributed by atoms with Crippen molar-refractivity contribution in [1.82, 2.24) is 0 Å². The summed E-state index contributed by atoms with van der Waals surface area (Å²) < 4.78 is 16.0. The van der Waals surface area contributed by atoms with Crippen LogP contribution in [0, 0.1) is 0 Å². The molecular weight excluding hydrogens is 278 g/mol. The van der Waals surface area contributed by atoms with E-state index in [9.17, 15) is 0 Å². The molecule has 0 atom stereocenters. The number of hydrogen-bond donors (Lipinski definition) is 1. The highest BCUT2D eigenvalue weighted by Crippen LogP contribution is 2.36. The van der Waals surface area contributed by atoms with E-state index in [-0.39, 0.29) is 6.79 Å². The van der Waals surface area contributed by atoms with E-state index in [4.69, 9.17) is 25.8 Å². The lowest BCUT2D eigenvalue weighted by molar-refractivity contribution is 0.173. The van der Waals surface area contributed by atoms with Crippen LogP contribution in [-0.4, -0.2) is 13.9 Å². The van der Waals surface area contributed by atoms with Crippen molar-refractivity contribution in [2.75, 3.05) is 19.2 Å². The second kappa shape index (κ2) is 5.51. The van der Waals surface area contributed by atoms with E-state index in [0.29, 0.717) is 17.3 Å². The Morgan fingerprint density at radius 1 is 1.25 bits per heavy atom. The van der Waals surface area contributed by atoms with E-state index in [0.717, 1.165) is 22.7 Å². The van der Waals surface area contributed by atoms with Gasteiger partial charge in [-0.2, -0.15) is 0 Å². The lowest BCUT2D eigenvalue weighted by atomic mass is 10.2. The van der Waals surface area contributed by atoms with E-state index < -0.39 is 0 Å². The number of nitrogens with one attached hydrogen (secondary N) is 1. The van der Waals surface area contributed by atoms with Crippen molar-refractivity contribution in [3.63, 3.8) is 0 Å². The smallest absolute Gasteiger partial charge is 0.231 e. The Kier molecular flexibility index (Phi) is 3.56. The average molecular weight is 292 g/mol. The van der Waals surface area contributed by atoms with Crippen LogP contribution < -0.4 is 19.5 Å². The molecular formula is C15H14ClNO3. The molecule has 1 heterocycles. The monoisotopic (exact) mass is 291 g/mol. The zero-order chi connectivity index (χ0) is 13.9. The third-order valence-electron chi connectivity index (χ3n) is 3.11. The number of halogens is 1. The molecule has 5 heteroatoms. The number of methoxy groups -OCH3 is 1. The zero-order valence-electron chi connectivity index (χ0n) is 11.0. The molecule has 1 aliphatic heterocycles. The second-order valence-corrected chi connectivity index (χ2v) is 4.76. The molecule has 0 bridgehead atoms. The molecule has 0 fully saturated rings. The topological polar surface area (TPSA) is 39.7 Å². The summed E-state index contributed by atoms with van der Waals surface area (Å²) in [5, 5.41) is 3.91. The van der Waals surface area contributed by atoms with Crippen molar-refractivity contribution >= 4 is 17.3 Å². The van der Waals surface area contributed by atoms with Gasteiger partial charge in [-0.1, -0.05) is 23.7 Å². The summed E-state index contributed by atoms with van der Waals surface area (Å²) in [7, 11) is 1.60. The third-order valence-corrected chi connectivity index (χ3v) is 3.42. The predicted molar refractivity (Wildman–Crippen MR) is 77.9 cm³/mol. The highest BCUT2D eigenvalue weighted by Gasteiger charge is 2.16. The van der Waals surface area contributed by atoms with E-state index in [1.165, 1.54) is 0 Å². The van der Waals surface area contributed by atoms with Gasteiger partial charge in [-0.3, -0.25) is 0 Å². The molecule has 0 spiro atoms. The molecule has 1 aliphatic rings. The minimum atomic E-state index is 0.279. The van der Waals surface area contributed by atoms with Crippen molar-refractivity contribution in [3.05, 3.63) is 47.0 Å². The summed E-state index contributed by atoms with van der Waals surface area (Å²) in [5.74, 6) is 2.24. The van der Waals surface area contributed by atoms with E-state index in [1.807, 2.05) is 30.3 Å². The first-order chi connectivity index (χ1) is 9.78. The standard InChI is InChI=1S/C15H14ClNO3/c1-18-14-7-11(5-6-12(14)16)17-8-10-3-2-4-13-15(10)20-9-19-13/h2-7,17H,8-9H2,1H3. The summed E-state index contributed by atoms with van der Waals surface area (Å²) in [5.41, 5.74) is 1.98. The Morgan fingerprint density at radius 2 is 2.15 bits per heavy atom. The largest absolute Gasteiger partial charge is 0.495 e. The Labute approximate surface area is 122 Å². The molecule has 20 heavy (non-hydrogen) atoms. The van der Waals surface area contributed by atoms with Gasteiger partial charge in [0.1, 0.15) is 5.75 Å². The van der Waals surface area contributed by atoms with Gasteiger partial charge in [0.25, 0.3) is 0 Å². The lowest BCUT2D eigenvalue weighted by Crippen LogP contribution is -2.01. The van der Waals surface area contributed by atoms with Crippen LogP contribution in [0.4, 0.5) is 5.69 Å². The maximum Gasteiger partial charge on any atom is 0.231 e. The van der Waals surface area contributed by atoms with Gasteiger partial charge in [-0.25, -0.2) is 0 Å². The van der Waals surface area contributed by atoms with Crippen molar-refractivity contribution in [2.24, 2.45) is 0 Å². The molecule has 0 unspecified atom stereocenters. The predicted octanol–water partition coefficient (Wildman–Crippen LogP) is 3.69. The number of para-hydroxylation sites is 1. The van der Waals surface area contributed by atoms with Gasteiger partial charge in [-0.15, -0.1) is 0 Å². The maximum atomic E-state index is 6.00. The SMILES string of the molecule is COc1cc(NCc2cccc3c2OCO3)ccc1Cl. The number of ether oxygens (including phenoxy) is 3. The first-order valence-corrected chi connectivity index (χ1v) is 6.60. The van der Waals surface area contributed by atoms with Crippen LogP contribution in [0.15, 0.2) is 36.4 Å². The van der Waals surface area contributed by atoms with Crippen LogP contribution in [0.3, 0.4) is 0 Å². The molecule has 0 saturated carbocycles. The second-order valence-electron chi connectivity index (χ2n) is 4.35. The zero-order valence-corrected chi connectivity index (χ0v) is 11.7. The molecule has 3 rings (SSSR count). The highest BCUT2D eigenvalue weighted by molar-refractivity contribution is 6.32. The maximum absolute atomic E-state index is 6.00. The minimum absolute atomic E-state index is 0.279. The normalized spacial score (nSPS) is 12.3. The molecule has 0 radical (unpaired) electrons. The molecule has 2 aromatic rings. The van der Waals surface area contributed by atoms with Crippen molar-refractivity contribution in [1.29, 1.82) is 0 Å². The molecule has 104 valence electrons. The Hall–Kier alpha value is -2.07. The van der Waals surface area contributed by atoms with Crippen molar-refractivity contribution < 1.29 is 14.2 Å². The Bertz CT molecular complexity index is 631. The van der Waals surface area contributed by atoms with Crippen molar-refractivity contribution in [2.45, 2.75) is 6.54 Å². The molecule has 1 N–H and O–H groups in total.